The number of nitrogens with zero attached hydrogens (tertiary/aromatic N) is 3. The highest BCUT2D eigenvalue weighted by molar-refractivity contribution is 7.91. The summed E-state index contributed by atoms with van der Waals surface area (Å²) >= 11 is 0. The van der Waals surface area contributed by atoms with E-state index in [1.54, 1.807) is 6.20 Å². The smallest absolute Gasteiger partial charge is 0.227 e. The molecule has 1 aromatic heterocycles. The van der Waals surface area contributed by atoms with Crippen LogP contribution in [-0.2, 0) is 22.9 Å². The van der Waals surface area contributed by atoms with Crippen molar-refractivity contribution in [1.82, 2.24) is 14.5 Å². The van der Waals surface area contributed by atoms with Crippen molar-refractivity contribution in [2.45, 2.75) is 63.2 Å². The second kappa shape index (κ2) is 6.93. The number of hydrogen-bond donors (Lipinski definition) is 0. The fourth-order valence-corrected chi connectivity index (χ4v) is 5.43. The molecule has 0 N–H and O–H groups in total. The van der Waals surface area contributed by atoms with Crippen LogP contribution in [-0.4, -0.2) is 42.7 Å². The second-order valence-corrected chi connectivity index (χ2v) is 9.54. The molecule has 0 unspecified atom stereocenters. The minimum absolute atomic E-state index is 0.274. The van der Waals surface area contributed by atoms with Gasteiger partial charge in [0.05, 0.1) is 17.6 Å². The highest BCUT2D eigenvalue weighted by atomic mass is 32.2. The van der Waals surface area contributed by atoms with Gasteiger partial charge in [-0.15, -0.1) is 0 Å². The average Bonchev–Trinajstić information content (AvgIpc) is 3.20. The first kappa shape index (κ1) is 17.0. The van der Waals surface area contributed by atoms with Crippen LogP contribution in [0.5, 0.6) is 0 Å². The molecule has 0 saturated heterocycles. The van der Waals surface area contributed by atoms with E-state index >= 15 is 0 Å². The van der Waals surface area contributed by atoms with Crippen LogP contribution in [0.4, 0.5) is 0 Å². The topological polar surface area (TPSA) is 55.2 Å². The van der Waals surface area contributed by atoms with Crippen molar-refractivity contribution in [1.29, 1.82) is 0 Å². The van der Waals surface area contributed by atoms with Crippen LogP contribution in [0.3, 0.4) is 0 Å². The summed E-state index contributed by atoms with van der Waals surface area (Å²) in [6, 6.07) is 0. The molecule has 6 heteroatoms. The van der Waals surface area contributed by atoms with Crippen LogP contribution in [0.25, 0.3) is 0 Å². The quantitative estimate of drug-likeness (QED) is 0.766. The number of imidazole rings is 1. The van der Waals surface area contributed by atoms with Crippen LogP contribution < -0.4 is 0 Å². The maximum Gasteiger partial charge on any atom is 0.227 e. The average molecular weight is 340 g/mol. The molecule has 2 aliphatic carbocycles. The van der Waals surface area contributed by atoms with Gasteiger partial charge in [-0.05, 0) is 51.6 Å². The Hall–Kier alpha value is -0.880. The van der Waals surface area contributed by atoms with E-state index < -0.39 is 9.84 Å². The first-order chi connectivity index (χ1) is 11.0. The lowest BCUT2D eigenvalue weighted by Crippen LogP contribution is -2.23. The maximum atomic E-state index is 12.7. The van der Waals surface area contributed by atoms with Gasteiger partial charge < -0.3 is 9.47 Å². The first-order valence-corrected chi connectivity index (χ1v) is 10.5. The largest absolute Gasteiger partial charge is 0.317 e. The molecule has 2 aliphatic rings. The molecule has 130 valence electrons. The van der Waals surface area contributed by atoms with Crippen LogP contribution >= 0.6 is 0 Å². The van der Waals surface area contributed by atoms with Gasteiger partial charge in [0.1, 0.15) is 0 Å². The molecule has 0 aliphatic heterocycles. The number of hydrogen-bond acceptors (Lipinski definition) is 4. The van der Waals surface area contributed by atoms with Gasteiger partial charge in [0.15, 0.2) is 0 Å². The molecule has 1 heterocycles. The van der Waals surface area contributed by atoms with Crippen molar-refractivity contribution >= 4 is 9.84 Å². The van der Waals surface area contributed by atoms with E-state index in [1.165, 1.54) is 32.1 Å². The Kier molecular flexibility index (Phi) is 5.11. The van der Waals surface area contributed by atoms with E-state index in [2.05, 4.69) is 9.88 Å². The van der Waals surface area contributed by atoms with Crippen LogP contribution in [0.2, 0.25) is 0 Å². The van der Waals surface area contributed by atoms with Gasteiger partial charge >= 0.3 is 0 Å². The van der Waals surface area contributed by atoms with Gasteiger partial charge in [-0.1, -0.05) is 19.3 Å². The van der Waals surface area contributed by atoms with Gasteiger partial charge in [0.25, 0.3) is 0 Å². The highest BCUT2D eigenvalue weighted by Crippen LogP contribution is 2.33. The van der Waals surface area contributed by atoms with Gasteiger partial charge in [0, 0.05) is 13.1 Å². The van der Waals surface area contributed by atoms with Crippen molar-refractivity contribution in [2.24, 2.45) is 11.8 Å². The van der Waals surface area contributed by atoms with Gasteiger partial charge in [-0.3, -0.25) is 0 Å². The lowest BCUT2D eigenvalue weighted by Gasteiger charge is -2.24. The van der Waals surface area contributed by atoms with Crippen molar-refractivity contribution < 1.29 is 8.42 Å². The Balaban J connectivity index is 1.86. The summed E-state index contributed by atoms with van der Waals surface area (Å²) in [7, 11) is 0.760. The molecular weight excluding hydrogens is 310 g/mol. The van der Waals surface area contributed by atoms with Crippen molar-refractivity contribution in [3.63, 3.8) is 0 Å². The zero-order chi connectivity index (χ0) is 16.4. The summed E-state index contributed by atoms with van der Waals surface area (Å²) in [5, 5.41) is 0.312. The summed E-state index contributed by atoms with van der Waals surface area (Å²) in [5.74, 6) is 1.22. The highest BCUT2D eigenvalue weighted by Gasteiger charge is 2.33. The van der Waals surface area contributed by atoms with E-state index in [-0.39, 0.29) is 5.75 Å². The van der Waals surface area contributed by atoms with E-state index in [4.69, 9.17) is 0 Å². The number of sulfone groups is 1. The molecular formula is C17H29N3O2S. The van der Waals surface area contributed by atoms with Gasteiger partial charge in [-0.25, -0.2) is 13.4 Å². The SMILES string of the molecule is CN(C)Cc1cnc(S(=O)(=O)CC2CC2)n1CC1CCCCC1. The lowest BCUT2D eigenvalue weighted by atomic mass is 9.89. The summed E-state index contributed by atoms with van der Waals surface area (Å²) in [6.45, 7) is 1.54. The molecule has 5 nitrogen and oxygen atoms in total. The monoisotopic (exact) mass is 339 g/mol. The number of rotatable bonds is 7. The van der Waals surface area contributed by atoms with E-state index in [1.807, 2.05) is 18.7 Å². The zero-order valence-corrected chi connectivity index (χ0v) is 15.2. The third-order valence-electron chi connectivity index (χ3n) is 4.98. The summed E-state index contributed by atoms with van der Waals surface area (Å²) in [5.41, 5.74) is 1.02. The fraction of sp³-hybridized carbons (Fsp3) is 0.824. The Morgan fingerprint density at radius 1 is 1.13 bits per heavy atom. The summed E-state index contributed by atoms with van der Waals surface area (Å²) in [6.07, 6.45) is 10.1. The molecule has 0 bridgehead atoms. The maximum absolute atomic E-state index is 12.7. The van der Waals surface area contributed by atoms with Crippen molar-refractivity contribution in [2.75, 3.05) is 19.8 Å². The van der Waals surface area contributed by atoms with Gasteiger partial charge in [-0.2, -0.15) is 0 Å². The lowest BCUT2D eigenvalue weighted by molar-refractivity contribution is 0.299. The third-order valence-corrected chi connectivity index (χ3v) is 6.77. The number of aromatic nitrogens is 2. The normalized spacial score (nSPS) is 20.3. The first-order valence-electron chi connectivity index (χ1n) is 8.87. The Morgan fingerprint density at radius 2 is 1.83 bits per heavy atom. The standard InChI is InChI=1S/C17H29N3O2S/c1-19(2)12-16-10-18-17(23(21,22)13-15-8-9-15)20(16)11-14-6-4-3-5-7-14/h10,14-15H,3-9,11-13H2,1-2H3. The van der Waals surface area contributed by atoms with Crippen molar-refractivity contribution in [3.05, 3.63) is 11.9 Å². The minimum atomic E-state index is -3.26. The Bertz CT molecular complexity index is 626. The van der Waals surface area contributed by atoms with Crippen LogP contribution in [0.1, 0.15) is 50.6 Å². The van der Waals surface area contributed by atoms with E-state index in [0.717, 1.165) is 31.6 Å². The van der Waals surface area contributed by atoms with Gasteiger partial charge in [0.2, 0.25) is 15.0 Å². The molecule has 3 rings (SSSR count). The predicted molar refractivity (Wildman–Crippen MR) is 91.0 cm³/mol. The van der Waals surface area contributed by atoms with Crippen LogP contribution in [0.15, 0.2) is 11.4 Å². The van der Waals surface area contributed by atoms with Crippen LogP contribution in [0, 0.1) is 11.8 Å². The molecule has 23 heavy (non-hydrogen) atoms. The predicted octanol–water partition coefficient (Wildman–Crippen LogP) is 2.71. The molecule has 0 spiro atoms. The zero-order valence-electron chi connectivity index (χ0n) is 14.4. The summed E-state index contributed by atoms with van der Waals surface area (Å²) in [4.78, 5) is 6.41. The molecule has 0 aromatic carbocycles. The Labute approximate surface area is 140 Å². The van der Waals surface area contributed by atoms with E-state index in [9.17, 15) is 8.42 Å². The molecule has 0 atom stereocenters. The molecule has 0 amide bonds. The summed E-state index contributed by atoms with van der Waals surface area (Å²) < 4.78 is 27.5. The minimum Gasteiger partial charge on any atom is -0.317 e. The molecule has 1 aromatic rings. The molecule has 0 radical (unpaired) electrons. The molecule has 2 fully saturated rings. The van der Waals surface area contributed by atoms with Crippen molar-refractivity contribution in [3.8, 4) is 0 Å². The molecule has 2 saturated carbocycles. The second-order valence-electron chi connectivity index (χ2n) is 7.61. The fourth-order valence-electron chi connectivity index (χ4n) is 3.58. The third kappa shape index (κ3) is 4.35. The van der Waals surface area contributed by atoms with E-state index in [0.29, 0.717) is 17.0 Å². The Morgan fingerprint density at radius 3 is 2.43 bits per heavy atom.